The molecule has 0 N–H and O–H groups in total. The van der Waals surface area contributed by atoms with Crippen molar-refractivity contribution in [3.05, 3.63) is 188 Å². The average molecular weight is 718 g/mol. The molecule has 0 aliphatic heterocycles. The minimum Gasteiger partial charge on any atom is -0.455 e. The molecular formula is C51H31N3O2. The van der Waals surface area contributed by atoms with Crippen LogP contribution in [0, 0.1) is 0 Å². The van der Waals surface area contributed by atoms with Crippen LogP contribution in [0.15, 0.2) is 197 Å². The first-order chi connectivity index (χ1) is 27.7. The van der Waals surface area contributed by atoms with Gasteiger partial charge in [-0.3, -0.25) is 0 Å². The van der Waals surface area contributed by atoms with Crippen molar-refractivity contribution < 1.29 is 8.83 Å². The lowest BCUT2D eigenvalue weighted by molar-refractivity contribution is 0.665. The van der Waals surface area contributed by atoms with Gasteiger partial charge < -0.3 is 8.83 Å². The quantitative estimate of drug-likeness (QED) is 0.171. The Labute approximate surface area is 322 Å². The maximum absolute atomic E-state index is 6.73. The first kappa shape index (κ1) is 31.9. The zero-order valence-corrected chi connectivity index (χ0v) is 30.1. The maximum Gasteiger partial charge on any atom is 0.164 e. The molecule has 11 aromatic rings. The summed E-state index contributed by atoms with van der Waals surface area (Å²) in [6, 6.07) is 64.5. The van der Waals surface area contributed by atoms with Gasteiger partial charge >= 0.3 is 0 Å². The van der Waals surface area contributed by atoms with Crippen LogP contribution in [0.3, 0.4) is 0 Å². The average Bonchev–Trinajstić information content (AvgIpc) is 3.85. The monoisotopic (exact) mass is 717 g/mol. The van der Waals surface area contributed by atoms with E-state index in [1.165, 1.54) is 11.1 Å². The molecule has 262 valence electrons. The zero-order valence-electron chi connectivity index (χ0n) is 30.1. The Morgan fingerprint density at radius 3 is 1.36 bits per heavy atom. The van der Waals surface area contributed by atoms with E-state index >= 15 is 0 Å². The van der Waals surface area contributed by atoms with Crippen LogP contribution >= 0.6 is 0 Å². The summed E-state index contributed by atoms with van der Waals surface area (Å²) in [5, 5.41) is 4.24. The van der Waals surface area contributed by atoms with E-state index in [1.807, 2.05) is 60.7 Å². The van der Waals surface area contributed by atoms with Crippen molar-refractivity contribution in [2.75, 3.05) is 0 Å². The van der Waals surface area contributed by atoms with Crippen LogP contribution in [-0.2, 0) is 0 Å². The van der Waals surface area contributed by atoms with Gasteiger partial charge in [-0.1, -0.05) is 164 Å². The van der Waals surface area contributed by atoms with Crippen LogP contribution < -0.4 is 0 Å². The van der Waals surface area contributed by atoms with Crippen molar-refractivity contribution in [1.29, 1.82) is 0 Å². The molecule has 0 unspecified atom stereocenters. The second kappa shape index (κ2) is 13.0. The van der Waals surface area contributed by atoms with E-state index in [9.17, 15) is 0 Å². The molecule has 0 saturated carbocycles. The molecule has 3 aromatic heterocycles. The number of rotatable bonds is 6. The van der Waals surface area contributed by atoms with Gasteiger partial charge in [-0.25, -0.2) is 15.0 Å². The molecular weight excluding hydrogens is 687 g/mol. The number of hydrogen-bond donors (Lipinski definition) is 0. The summed E-state index contributed by atoms with van der Waals surface area (Å²) in [4.78, 5) is 15.1. The molecule has 0 fully saturated rings. The van der Waals surface area contributed by atoms with Gasteiger partial charge in [-0.05, 0) is 46.5 Å². The standard InChI is InChI=1S/C51H31N3O2/c1-3-12-32(13-4-1)36-16-9-17-37(30-36)33-24-26-35(27-25-33)50-52-49(34-14-5-2-6-15-34)53-51(54-50)38-28-29-40-42-20-11-22-44(48(42)56-46(40)31-38)43-21-10-19-41-39-18-7-8-23-45(39)55-47(41)43/h1-31H. The predicted molar refractivity (Wildman–Crippen MR) is 227 cm³/mol. The van der Waals surface area contributed by atoms with Crippen molar-refractivity contribution in [3.63, 3.8) is 0 Å². The Balaban J connectivity index is 1.00. The predicted octanol–water partition coefficient (Wildman–Crippen LogP) is 13.7. The van der Waals surface area contributed by atoms with Crippen molar-refractivity contribution in [2.45, 2.75) is 0 Å². The molecule has 0 spiro atoms. The Morgan fingerprint density at radius 2 is 0.696 bits per heavy atom. The Bertz CT molecular complexity index is 3240. The molecule has 0 radical (unpaired) electrons. The molecule has 0 amide bonds. The topological polar surface area (TPSA) is 65.0 Å². The van der Waals surface area contributed by atoms with Gasteiger partial charge in [0.2, 0.25) is 0 Å². The first-order valence-electron chi connectivity index (χ1n) is 18.7. The Hall–Kier alpha value is -7.63. The molecule has 56 heavy (non-hydrogen) atoms. The molecule has 0 bridgehead atoms. The minimum absolute atomic E-state index is 0.572. The molecule has 5 nitrogen and oxygen atoms in total. The molecule has 8 aromatic carbocycles. The number of fused-ring (bicyclic) bond motifs is 6. The number of hydrogen-bond acceptors (Lipinski definition) is 5. The lowest BCUT2D eigenvalue weighted by Crippen LogP contribution is -2.00. The third-order valence-corrected chi connectivity index (χ3v) is 10.6. The van der Waals surface area contributed by atoms with Crippen LogP contribution in [0.2, 0.25) is 0 Å². The number of benzene rings is 8. The molecule has 5 heteroatoms. The summed E-state index contributed by atoms with van der Waals surface area (Å²) in [5.74, 6) is 1.78. The summed E-state index contributed by atoms with van der Waals surface area (Å²) < 4.78 is 13.2. The number of furan rings is 2. The first-order valence-corrected chi connectivity index (χ1v) is 18.7. The third-order valence-electron chi connectivity index (χ3n) is 10.6. The van der Waals surface area contributed by atoms with E-state index in [4.69, 9.17) is 23.8 Å². The molecule has 0 aliphatic carbocycles. The van der Waals surface area contributed by atoms with Crippen LogP contribution in [-0.4, -0.2) is 15.0 Å². The fraction of sp³-hybridized carbons (Fsp3) is 0. The highest BCUT2D eigenvalue weighted by atomic mass is 16.3. The van der Waals surface area contributed by atoms with Crippen molar-refractivity contribution in [1.82, 2.24) is 15.0 Å². The van der Waals surface area contributed by atoms with Gasteiger partial charge in [-0.2, -0.15) is 0 Å². The van der Waals surface area contributed by atoms with E-state index in [2.05, 4.69) is 127 Å². The lowest BCUT2D eigenvalue weighted by Gasteiger charge is -2.10. The number of nitrogens with zero attached hydrogens (tertiary/aromatic N) is 3. The van der Waals surface area contributed by atoms with E-state index in [1.54, 1.807) is 0 Å². The molecule has 3 heterocycles. The summed E-state index contributed by atoms with van der Waals surface area (Å²) in [6.07, 6.45) is 0. The lowest BCUT2D eigenvalue weighted by atomic mass is 9.98. The molecule has 11 rings (SSSR count). The summed E-state index contributed by atoms with van der Waals surface area (Å²) in [7, 11) is 0. The number of para-hydroxylation sites is 3. The van der Waals surface area contributed by atoms with Crippen molar-refractivity contribution in [3.8, 4) is 67.5 Å². The van der Waals surface area contributed by atoms with Gasteiger partial charge in [0.15, 0.2) is 17.5 Å². The number of aromatic nitrogens is 3. The van der Waals surface area contributed by atoms with Gasteiger partial charge in [-0.15, -0.1) is 0 Å². The molecule has 0 aliphatic rings. The fourth-order valence-electron chi connectivity index (χ4n) is 7.78. The highest BCUT2D eigenvalue weighted by Gasteiger charge is 2.19. The Kier molecular flexibility index (Phi) is 7.42. The van der Waals surface area contributed by atoms with Crippen LogP contribution in [0.25, 0.3) is 111 Å². The van der Waals surface area contributed by atoms with Gasteiger partial charge in [0, 0.05) is 49.4 Å². The second-order valence-corrected chi connectivity index (χ2v) is 14.0. The normalized spacial score (nSPS) is 11.6. The van der Waals surface area contributed by atoms with Crippen LogP contribution in [0.1, 0.15) is 0 Å². The second-order valence-electron chi connectivity index (χ2n) is 14.0. The van der Waals surface area contributed by atoms with Crippen molar-refractivity contribution in [2.24, 2.45) is 0 Å². The molecule has 0 atom stereocenters. The van der Waals surface area contributed by atoms with E-state index in [0.29, 0.717) is 17.5 Å². The van der Waals surface area contributed by atoms with Crippen LogP contribution in [0.5, 0.6) is 0 Å². The largest absolute Gasteiger partial charge is 0.455 e. The van der Waals surface area contributed by atoms with Gasteiger partial charge in [0.05, 0.1) is 0 Å². The highest BCUT2D eigenvalue weighted by molar-refractivity contribution is 6.15. The smallest absolute Gasteiger partial charge is 0.164 e. The maximum atomic E-state index is 6.73. The molecule has 0 saturated heterocycles. The summed E-state index contributed by atoms with van der Waals surface area (Å²) in [6.45, 7) is 0. The zero-order chi connectivity index (χ0) is 37.0. The third kappa shape index (κ3) is 5.45. The van der Waals surface area contributed by atoms with E-state index in [0.717, 1.165) is 82.8 Å². The van der Waals surface area contributed by atoms with E-state index < -0.39 is 0 Å². The fourth-order valence-corrected chi connectivity index (χ4v) is 7.78. The van der Waals surface area contributed by atoms with Gasteiger partial charge in [0.1, 0.15) is 22.3 Å². The SMILES string of the molecule is c1ccc(-c2cccc(-c3ccc(-c4nc(-c5ccccc5)nc(-c5ccc6c(c5)oc5c(-c7cccc8c7oc7ccccc78)cccc56)n4)cc3)c2)cc1. The Morgan fingerprint density at radius 1 is 0.268 bits per heavy atom. The van der Waals surface area contributed by atoms with Crippen molar-refractivity contribution >= 4 is 43.9 Å². The van der Waals surface area contributed by atoms with E-state index in [-0.39, 0.29) is 0 Å². The van der Waals surface area contributed by atoms with Gasteiger partial charge in [0.25, 0.3) is 0 Å². The summed E-state index contributed by atoms with van der Waals surface area (Å²) >= 11 is 0. The minimum atomic E-state index is 0.572. The van der Waals surface area contributed by atoms with Crippen LogP contribution in [0.4, 0.5) is 0 Å². The highest BCUT2D eigenvalue weighted by Crippen LogP contribution is 2.42. The summed E-state index contributed by atoms with van der Waals surface area (Å²) in [5.41, 5.74) is 12.6.